The summed E-state index contributed by atoms with van der Waals surface area (Å²) in [5, 5.41) is 3.45. The fourth-order valence-corrected chi connectivity index (χ4v) is 3.40. The highest BCUT2D eigenvalue weighted by molar-refractivity contribution is 7.98. The van der Waals surface area contributed by atoms with Crippen LogP contribution in [0.4, 0.5) is 0 Å². The highest BCUT2D eigenvalue weighted by atomic mass is 32.2. The van der Waals surface area contributed by atoms with Gasteiger partial charge in [-0.15, -0.1) is 0 Å². The smallest absolute Gasteiger partial charge is 0.0180 e. The molecule has 1 N–H and O–H groups in total. The zero-order valence-corrected chi connectivity index (χ0v) is 12.0. The summed E-state index contributed by atoms with van der Waals surface area (Å²) in [5.74, 6) is 2.23. The number of hydrogen-bond acceptors (Lipinski definition) is 3. The molecule has 16 heavy (non-hydrogen) atoms. The zero-order valence-electron chi connectivity index (χ0n) is 11.2. The quantitative estimate of drug-likeness (QED) is 0.706. The lowest BCUT2D eigenvalue weighted by molar-refractivity contribution is 0.245. The fourth-order valence-electron chi connectivity index (χ4n) is 2.52. The van der Waals surface area contributed by atoms with E-state index in [1.807, 2.05) is 11.8 Å². The minimum absolute atomic E-state index is 0.775. The average molecular weight is 244 g/mol. The van der Waals surface area contributed by atoms with Gasteiger partial charge in [-0.1, -0.05) is 6.92 Å². The van der Waals surface area contributed by atoms with Gasteiger partial charge in [-0.05, 0) is 64.5 Å². The van der Waals surface area contributed by atoms with Crippen molar-refractivity contribution >= 4 is 11.8 Å². The molecule has 2 nitrogen and oxygen atoms in total. The summed E-state index contributed by atoms with van der Waals surface area (Å²) in [7, 11) is 2.29. The molecule has 96 valence electrons. The molecule has 0 spiro atoms. The van der Waals surface area contributed by atoms with E-state index in [-0.39, 0.29) is 0 Å². The monoisotopic (exact) mass is 244 g/mol. The van der Waals surface area contributed by atoms with E-state index in [0.29, 0.717) is 0 Å². The van der Waals surface area contributed by atoms with Crippen LogP contribution in [0.25, 0.3) is 0 Å². The molecule has 1 heterocycles. The van der Waals surface area contributed by atoms with Crippen molar-refractivity contribution in [2.24, 2.45) is 5.92 Å². The van der Waals surface area contributed by atoms with Crippen LogP contribution in [0.1, 0.15) is 32.6 Å². The number of thioether (sulfide) groups is 1. The van der Waals surface area contributed by atoms with Crippen LogP contribution in [0.2, 0.25) is 0 Å². The van der Waals surface area contributed by atoms with Gasteiger partial charge in [-0.25, -0.2) is 0 Å². The van der Waals surface area contributed by atoms with Gasteiger partial charge >= 0.3 is 0 Å². The predicted molar refractivity (Wildman–Crippen MR) is 75.3 cm³/mol. The lowest BCUT2D eigenvalue weighted by Gasteiger charge is -2.26. The second kappa shape index (κ2) is 8.37. The summed E-state index contributed by atoms with van der Waals surface area (Å²) in [6.07, 6.45) is 7.66. The molecule has 1 saturated heterocycles. The molecule has 0 aromatic rings. The van der Waals surface area contributed by atoms with Gasteiger partial charge in [0.2, 0.25) is 0 Å². The topological polar surface area (TPSA) is 15.3 Å². The molecule has 1 aliphatic rings. The van der Waals surface area contributed by atoms with Crippen LogP contribution < -0.4 is 5.32 Å². The SMILES string of the molecule is CCC(CSC)N(C)CCCC1CCNC1. The Kier molecular flexibility index (Phi) is 7.50. The fraction of sp³-hybridized carbons (Fsp3) is 1.00. The predicted octanol–water partition coefficient (Wildman–Crippen LogP) is 2.45. The maximum absolute atomic E-state index is 3.45. The lowest BCUT2D eigenvalue weighted by atomic mass is 10.0. The molecule has 2 atom stereocenters. The number of nitrogens with one attached hydrogen (secondary N) is 1. The molecular weight excluding hydrogens is 216 g/mol. The Hall–Kier alpha value is 0.270. The van der Waals surface area contributed by atoms with Gasteiger partial charge in [0, 0.05) is 11.8 Å². The van der Waals surface area contributed by atoms with Gasteiger partial charge in [-0.2, -0.15) is 11.8 Å². The highest BCUT2D eigenvalue weighted by Crippen LogP contribution is 2.15. The molecule has 0 saturated carbocycles. The molecule has 1 fully saturated rings. The van der Waals surface area contributed by atoms with Crippen molar-refractivity contribution < 1.29 is 0 Å². The summed E-state index contributed by atoms with van der Waals surface area (Å²) in [6, 6.07) is 0.775. The van der Waals surface area contributed by atoms with Crippen molar-refractivity contribution in [3.8, 4) is 0 Å². The molecule has 3 heteroatoms. The average Bonchev–Trinajstić information content (AvgIpc) is 2.78. The molecule has 0 aromatic heterocycles. The van der Waals surface area contributed by atoms with E-state index in [2.05, 4.69) is 30.4 Å². The summed E-state index contributed by atoms with van der Waals surface area (Å²) in [4.78, 5) is 2.55. The molecule has 1 aliphatic heterocycles. The maximum atomic E-state index is 3.45. The zero-order chi connectivity index (χ0) is 11.8. The third-order valence-corrected chi connectivity index (χ3v) is 4.46. The molecule has 0 aromatic carbocycles. The van der Waals surface area contributed by atoms with Crippen molar-refractivity contribution in [3.05, 3.63) is 0 Å². The van der Waals surface area contributed by atoms with Gasteiger partial charge < -0.3 is 10.2 Å². The van der Waals surface area contributed by atoms with Gasteiger partial charge in [0.1, 0.15) is 0 Å². The van der Waals surface area contributed by atoms with Gasteiger partial charge in [0.15, 0.2) is 0 Å². The summed E-state index contributed by atoms with van der Waals surface area (Å²) in [5.41, 5.74) is 0. The molecule has 0 amide bonds. The number of rotatable bonds is 8. The number of hydrogen-bond donors (Lipinski definition) is 1. The molecule has 0 aliphatic carbocycles. The van der Waals surface area contributed by atoms with Crippen LogP contribution in [-0.4, -0.2) is 49.6 Å². The highest BCUT2D eigenvalue weighted by Gasteiger charge is 2.15. The molecule has 0 radical (unpaired) electrons. The first-order valence-corrected chi connectivity index (χ1v) is 8.07. The van der Waals surface area contributed by atoms with Crippen LogP contribution in [0.3, 0.4) is 0 Å². The first-order valence-electron chi connectivity index (χ1n) is 6.67. The third-order valence-electron chi connectivity index (χ3n) is 3.74. The van der Waals surface area contributed by atoms with E-state index < -0.39 is 0 Å². The summed E-state index contributed by atoms with van der Waals surface area (Å²) < 4.78 is 0. The maximum Gasteiger partial charge on any atom is 0.0180 e. The first kappa shape index (κ1) is 14.3. The van der Waals surface area contributed by atoms with Crippen molar-refractivity contribution in [1.29, 1.82) is 0 Å². The summed E-state index contributed by atoms with van der Waals surface area (Å²) in [6.45, 7) is 6.07. The third kappa shape index (κ3) is 5.07. The molecule has 2 unspecified atom stereocenters. The Morgan fingerprint density at radius 1 is 1.50 bits per heavy atom. The molecular formula is C13H28N2S. The van der Waals surface area contributed by atoms with Crippen molar-refractivity contribution in [2.45, 2.75) is 38.6 Å². The van der Waals surface area contributed by atoms with Crippen molar-refractivity contribution in [1.82, 2.24) is 10.2 Å². The standard InChI is InChI=1S/C13H28N2S/c1-4-13(11-16-3)15(2)9-5-6-12-7-8-14-10-12/h12-14H,4-11H2,1-3H3. The van der Waals surface area contributed by atoms with Crippen molar-refractivity contribution in [2.75, 3.05) is 38.7 Å². The van der Waals surface area contributed by atoms with Gasteiger partial charge in [0.05, 0.1) is 0 Å². The Morgan fingerprint density at radius 2 is 2.31 bits per heavy atom. The van der Waals surface area contributed by atoms with Gasteiger partial charge in [-0.3, -0.25) is 0 Å². The minimum Gasteiger partial charge on any atom is -0.316 e. The van der Waals surface area contributed by atoms with E-state index in [0.717, 1.165) is 12.0 Å². The second-order valence-corrected chi connectivity index (χ2v) is 5.91. The first-order chi connectivity index (χ1) is 7.77. The van der Waals surface area contributed by atoms with E-state index in [4.69, 9.17) is 0 Å². The Bertz CT molecular complexity index is 169. The Balaban J connectivity index is 2.09. The van der Waals surface area contributed by atoms with E-state index in [9.17, 15) is 0 Å². The van der Waals surface area contributed by atoms with Crippen LogP contribution in [0.5, 0.6) is 0 Å². The normalized spacial score (nSPS) is 22.9. The number of nitrogens with zero attached hydrogens (tertiary/aromatic N) is 1. The van der Waals surface area contributed by atoms with E-state index in [1.165, 1.54) is 51.1 Å². The van der Waals surface area contributed by atoms with Crippen LogP contribution >= 0.6 is 11.8 Å². The van der Waals surface area contributed by atoms with Gasteiger partial charge in [0.25, 0.3) is 0 Å². The Labute approximate surface area is 106 Å². The minimum atomic E-state index is 0.775. The van der Waals surface area contributed by atoms with Crippen LogP contribution in [0, 0.1) is 5.92 Å². The summed E-state index contributed by atoms with van der Waals surface area (Å²) >= 11 is 1.97. The molecule has 0 bridgehead atoms. The largest absolute Gasteiger partial charge is 0.316 e. The lowest BCUT2D eigenvalue weighted by Crippen LogP contribution is -2.34. The van der Waals surface area contributed by atoms with Crippen LogP contribution in [-0.2, 0) is 0 Å². The second-order valence-electron chi connectivity index (χ2n) is 5.00. The Morgan fingerprint density at radius 3 is 2.88 bits per heavy atom. The molecule has 1 rings (SSSR count). The van der Waals surface area contributed by atoms with E-state index in [1.54, 1.807) is 0 Å². The van der Waals surface area contributed by atoms with Crippen molar-refractivity contribution in [3.63, 3.8) is 0 Å². The van der Waals surface area contributed by atoms with E-state index >= 15 is 0 Å². The van der Waals surface area contributed by atoms with Crippen LogP contribution in [0.15, 0.2) is 0 Å².